The Morgan fingerprint density at radius 2 is 1.37 bits per heavy atom. The monoisotopic (exact) mass is 398 g/mol. The molecule has 30 heavy (non-hydrogen) atoms. The van der Waals surface area contributed by atoms with E-state index in [1.165, 1.54) is 28.8 Å². The molecule has 156 valence electrons. The molecule has 0 saturated heterocycles. The minimum absolute atomic E-state index is 0.546. The number of benzene rings is 3. The highest BCUT2D eigenvalue weighted by molar-refractivity contribution is 5.49. The third kappa shape index (κ3) is 4.94. The van der Waals surface area contributed by atoms with E-state index in [1.807, 2.05) is 0 Å². The van der Waals surface area contributed by atoms with Crippen LogP contribution in [0.1, 0.15) is 37.0 Å². The Morgan fingerprint density at radius 3 is 1.97 bits per heavy atom. The minimum Gasteiger partial charge on any atom is -0.368 e. The number of hydrogen-bond donors (Lipinski definition) is 0. The molecular weight excluding hydrogens is 364 g/mol. The second-order valence-corrected chi connectivity index (χ2v) is 8.55. The molecule has 1 unspecified atom stereocenters. The largest absolute Gasteiger partial charge is 0.368 e. The van der Waals surface area contributed by atoms with Gasteiger partial charge in [0.2, 0.25) is 0 Å². The van der Waals surface area contributed by atoms with Gasteiger partial charge < -0.3 is 4.90 Å². The first-order valence-electron chi connectivity index (χ1n) is 11.4. The van der Waals surface area contributed by atoms with Crippen LogP contribution < -0.4 is 4.90 Å². The van der Waals surface area contributed by atoms with Crippen LogP contribution in [0.3, 0.4) is 0 Å². The van der Waals surface area contributed by atoms with Crippen LogP contribution in [0.4, 0.5) is 5.69 Å². The number of hydrogen-bond acceptors (Lipinski definition) is 2. The molecule has 2 nitrogen and oxygen atoms in total. The van der Waals surface area contributed by atoms with E-state index in [-0.39, 0.29) is 0 Å². The molecule has 0 fully saturated rings. The first-order chi connectivity index (χ1) is 14.7. The van der Waals surface area contributed by atoms with Crippen molar-refractivity contribution in [3.05, 3.63) is 102 Å². The topological polar surface area (TPSA) is 6.48 Å². The van der Waals surface area contributed by atoms with Gasteiger partial charge in [-0.2, -0.15) is 0 Å². The van der Waals surface area contributed by atoms with Crippen molar-refractivity contribution in [1.82, 2.24) is 4.90 Å². The summed E-state index contributed by atoms with van der Waals surface area (Å²) in [5.74, 6) is 0. The third-order valence-electron chi connectivity index (χ3n) is 6.60. The lowest BCUT2D eigenvalue weighted by Crippen LogP contribution is -2.40. The van der Waals surface area contributed by atoms with Gasteiger partial charge in [0, 0.05) is 30.9 Å². The predicted molar refractivity (Wildman–Crippen MR) is 128 cm³/mol. The molecule has 1 atom stereocenters. The van der Waals surface area contributed by atoms with Crippen LogP contribution in [-0.2, 0) is 19.4 Å². The Balaban J connectivity index is 1.44. The average Bonchev–Trinajstić information content (AvgIpc) is 3.22. The van der Waals surface area contributed by atoms with Crippen molar-refractivity contribution in [3.63, 3.8) is 0 Å². The van der Waals surface area contributed by atoms with Crippen LogP contribution in [0.25, 0.3) is 0 Å². The van der Waals surface area contributed by atoms with Crippen LogP contribution in [0, 0.1) is 0 Å². The van der Waals surface area contributed by atoms with Gasteiger partial charge in [0.05, 0.1) is 0 Å². The number of anilines is 1. The van der Waals surface area contributed by atoms with Crippen molar-refractivity contribution < 1.29 is 0 Å². The van der Waals surface area contributed by atoms with E-state index in [2.05, 4.69) is 109 Å². The molecule has 0 aromatic heterocycles. The number of para-hydroxylation sites is 1. The summed E-state index contributed by atoms with van der Waals surface area (Å²) in [7, 11) is 0. The Morgan fingerprint density at radius 1 is 0.800 bits per heavy atom. The molecule has 0 saturated carbocycles. The second-order valence-electron chi connectivity index (χ2n) is 8.55. The zero-order valence-electron chi connectivity index (χ0n) is 18.4. The van der Waals surface area contributed by atoms with Crippen LogP contribution in [0.2, 0.25) is 0 Å². The van der Waals surface area contributed by atoms with Crippen LogP contribution in [0.5, 0.6) is 0 Å². The standard InChI is InChI=1S/C28H34N2/c1-3-29(22-24-12-6-4-7-13-24)23(2)18-19-30(27-16-8-5-9-17-27)28-20-25-14-10-11-15-26(25)21-28/h4-17,23,28H,3,18-22H2,1-2H3. The Hall–Kier alpha value is -2.58. The van der Waals surface area contributed by atoms with E-state index in [0.717, 1.165) is 32.5 Å². The highest BCUT2D eigenvalue weighted by Crippen LogP contribution is 2.29. The van der Waals surface area contributed by atoms with Crippen LogP contribution in [0.15, 0.2) is 84.9 Å². The highest BCUT2D eigenvalue weighted by Gasteiger charge is 2.27. The Labute approximate surface area is 182 Å². The first-order valence-corrected chi connectivity index (χ1v) is 11.4. The maximum Gasteiger partial charge on any atom is 0.0370 e. The maximum absolute atomic E-state index is 2.66. The zero-order chi connectivity index (χ0) is 20.8. The SMILES string of the molecule is CCN(Cc1ccccc1)C(C)CCN(c1ccccc1)C1Cc2ccccc2C1. The predicted octanol–water partition coefficient (Wildman–Crippen LogP) is 5.96. The first kappa shape index (κ1) is 20.7. The molecule has 0 bridgehead atoms. The summed E-state index contributed by atoms with van der Waals surface area (Å²) in [6.45, 7) is 7.87. The highest BCUT2D eigenvalue weighted by atomic mass is 15.2. The van der Waals surface area contributed by atoms with Crippen molar-refractivity contribution in [2.75, 3.05) is 18.0 Å². The summed E-state index contributed by atoms with van der Waals surface area (Å²) in [5.41, 5.74) is 5.80. The van der Waals surface area contributed by atoms with E-state index in [4.69, 9.17) is 0 Å². The third-order valence-corrected chi connectivity index (χ3v) is 6.60. The van der Waals surface area contributed by atoms with E-state index < -0.39 is 0 Å². The summed E-state index contributed by atoms with van der Waals surface area (Å²) in [4.78, 5) is 5.26. The smallest absolute Gasteiger partial charge is 0.0370 e. The molecule has 3 aromatic carbocycles. The van der Waals surface area contributed by atoms with Crippen LogP contribution >= 0.6 is 0 Å². The average molecular weight is 399 g/mol. The maximum atomic E-state index is 2.66. The minimum atomic E-state index is 0.546. The summed E-state index contributed by atoms with van der Waals surface area (Å²) >= 11 is 0. The quantitative estimate of drug-likeness (QED) is 0.439. The molecule has 2 heteroatoms. The lowest BCUT2D eigenvalue weighted by molar-refractivity contribution is 0.202. The molecule has 0 heterocycles. The van der Waals surface area contributed by atoms with Gasteiger partial charge in [0.15, 0.2) is 0 Å². The van der Waals surface area contributed by atoms with Gasteiger partial charge in [-0.25, -0.2) is 0 Å². The molecule has 0 spiro atoms. The van der Waals surface area contributed by atoms with Crippen molar-refractivity contribution in [3.8, 4) is 0 Å². The summed E-state index contributed by atoms with van der Waals surface area (Å²) in [5, 5.41) is 0. The van der Waals surface area contributed by atoms with Gasteiger partial charge in [0.1, 0.15) is 0 Å². The molecule has 1 aliphatic rings. The van der Waals surface area contributed by atoms with Crippen molar-refractivity contribution in [1.29, 1.82) is 0 Å². The van der Waals surface area contributed by atoms with Gasteiger partial charge in [0.25, 0.3) is 0 Å². The van der Waals surface area contributed by atoms with Gasteiger partial charge >= 0.3 is 0 Å². The lowest BCUT2D eigenvalue weighted by Gasteiger charge is -2.35. The lowest BCUT2D eigenvalue weighted by atomic mass is 10.1. The van der Waals surface area contributed by atoms with Gasteiger partial charge in [-0.1, -0.05) is 79.7 Å². The normalized spacial score (nSPS) is 14.6. The van der Waals surface area contributed by atoms with Crippen molar-refractivity contribution >= 4 is 5.69 Å². The second kappa shape index (κ2) is 9.95. The summed E-state index contributed by atoms with van der Waals surface area (Å²) in [6, 6.07) is 31.9. The Kier molecular flexibility index (Phi) is 6.86. The van der Waals surface area contributed by atoms with E-state index in [9.17, 15) is 0 Å². The Bertz CT molecular complexity index is 881. The number of nitrogens with zero attached hydrogens (tertiary/aromatic N) is 2. The molecule has 4 rings (SSSR count). The van der Waals surface area contributed by atoms with E-state index in [1.54, 1.807) is 0 Å². The molecule has 0 N–H and O–H groups in total. The van der Waals surface area contributed by atoms with E-state index >= 15 is 0 Å². The molecule has 3 aromatic rings. The fraction of sp³-hybridized carbons (Fsp3) is 0.357. The molecule has 0 radical (unpaired) electrons. The van der Waals surface area contributed by atoms with Crippen molar-refractivity contribution in [2.45, 2.75) is 51.7 Å². The number of rotatable bonds is 9. The zero-order valence-corrected chi connectivity index (χ0v) is 18.4. The fourth-order valence-corrected chi connectivity index (χ4v) is 4.80. The van der Waals surface area contributed by atoms with Gasteiger partial charge in [-0.15, -0.1) is 0 Å². The van der Waals surface area contributed by atoms with Crippen molar-refractivity contribution in [2.24, 2.45) is 0 Å². The van der Waals surface area contributed by atoms with Crippen LogP contribution in [-0.4, -0.2) is 30.1 Å². The molecule has 0 amide bonds. The van der Waals surface area contributed by atoms with E-state index in [0.29, 0.717) is 12.1 Å². The molecule has 0 aliphatic heterocycles. The molecular formula is C28H34N2. The van der Waals surface area contributed by atoms with Gasteiger partial charge in [-0.3, -0.25) is 4.90 Å². The fourth-order valence-electron chi connectivity index (χ4n) is 4.80. The summed E-state index contributed by atoms with van der Waals surface area (Å²) < 4.78 is 0. The van der Waals surface area contributed by atoms with Gasteiger partial charge in [-0.05, 0) is 61.6 Å². The summed E-state index contributed by atoms with van der Waals surface area (Å²) in [6.07, 6.45) is 3.48. The molecule has 1 aliphatic carbocycles. The number of fused-ring (bicyclic) bond motifs is 1.